The van der Waals surface area contributed by atoms with E-state index in [4.69, 9.17) is 4.74 Å². The lowest BCUT2D eigenvalue weighted by Gasteiger charge is -2.14. The number of ether oxygens (including phenoxy) is 1. The van der Waals surface area contributed by atoms with Crippen LogP contribution in [0.15, 0.2) is 47.1 Å². The smallest absolute Gasteiger partial charge is 0.256 e. The van der Waals surface area contributed by atoms with Crippen LogP contribution in [0.5, 0.6) is 11.6 Å². The number of carbonyl (C=O) groups is 1. The largest absolute Gasteiger partial charge is 0.438 e. The first kappa shape index (κ1) is 17.4. The molecular weight excluding hydrogens is 358 g/mol. The highest BCUT2D eigenvalue weighted by molar-refractivity contribution is 9.10. The maximum absolute atomic E-state index is 12.4. The third-order valence-corrected chi connectivity index (χ3v) is 3.64. The molecule has 5 nitrogen and oxygen atoms in total. The van der Waals surface area contributed by atoms with E-state index < -0.39 is 0 Å². The number of nitrogens with zero attached hydrogens (tertiary/aromatic N) is 1. The van der Waals surface area contributed by atoms with Gasteiger partial charge in [-0.1, -0.05) is 28.9 Å². The van der Waals surface area contributed by atoms with Gasteiger partial charge >= 0.3 is 0 Å². The fraction of sp³-hybridized carbons (Fsp3) is 0.294. The number of benzene rings is 1. The summed E-state index contributed by atoms with van der Waals surface area (Å²) in [5.41, 5.74) is 0.413. The Hall–Kier alpha value is -1.92. The zero-order chi connectivity index (χ0) is 16.7. The molecular formula is C17H20BrN3O2. The van der Waals surface area contributed by atoms with Crippen molar-refractivity contribution < 1.29 is 9.53 Å². The molecule has 2 rings (SSSR count). The van der Waals surface area contributed by atoms with Gasteiger partial charge in [-0.05, 0) is 43.8 Å². The number of hydrogen-bond donors (Lipinski definition) is 2. The molecule has 0 radical (unpaired) electrons. The SMILES string of the molecule is CCN[C@H](C)CNC(=O)c1cccnc1Oc1cccc(Br)c1. The molecule has 1 aromatic heterocycles. The zero-order valence-corrected chi connectivity index (χ0v) is 14.8. The van der Waals surface area contributed by atoms with Gasteiger partial charge in [0.1, 0.15) is 11.3 Å². The topological polar surface area (TPSA) is 63.2 Å². The van der Waals surface area contributed by atoms with Gasteiger partial charge in [0.15, 0.2) is 0 Å². The third kappa shape index (κ3) is 5.33. The van der Waals surface area contributed by atoms with Crippen molar-refractivity contribution in [2.24, 2.45) is 0 Å². The summed E-state index contributed by atoms with van der Waals surface area (Å²) in [7, 11) is 0. The molecule has 1 amide bonds. The summed E-state index contributed by atoms with van der Waals surface area (Å²) >= 11 is 3.39. The van der Waals surface area contributed by atoms with Crippen LogP contribution >= 0.6 is 15.9 Å². The second-order valence-electron chi connectivity index (χ2n) is 5.08. The van der Waals surface area contributed by atoms with Crippen molar-refractivity contribution in [3.05, 3.63) is 52.6 Å². The Balaban J connectivity index is 2.09. The fourth-order valence-corrected chi connectivity index (χ4v) is 2.43. The van der Waals surface area contributed by atoms with Crippen LogP contribution in [-0.2, 0) is 0 Å². The van der Waals surface area contributed by atoms with Crippen molar-refractivity contribution in [3.63, 3.8) is 0 Å². The van der Waals surface area contributed by atoms with E-state index in [1.807, 2.05) is 38.1 Å². The fourth-order valence-electron chi connectivity index (χ4n) is 2.05. The van der Waals surface area contributed by atoms with E-state index in [1.54, 1.807) is 18.3 Å². The first-order valence-corrected chi connectivity index (χ1v) is 8.29. The number of pyridine rings is 1. The van der Waals surface area contributed by atoms with Crippen molar-refractivity contribution >= 4 is 21.8 Å². The molecule has 2 aromatic rings. The van der Waals surface area contributed by atoms with Crippen LogP contribution in [0.2, 0.25) is 0 Å². The summed E-state index contributed by atoms with van der Waals surface area (Å²) in [5, 5.41) is 6.14. The summed E-state index contributed by atoms with van der Waals surface area (Å²) in [6.07, 6.45) is 1.60. The third-order valence-electron chi connectivity index (χ3n) is 3.15. The Morgan fingerprint density at radius 2 is 2.17 bits per heavy atom. The second-order valence-corrected chi connectivity index (χ2v) is 6.00. The van der Waals surface area contributed by atoms with E-state index in [1.165, 1.54) is 0 Å². The lowest BCUT2D eigenvalue weighted by Crippen LogP contribution is -2.38. The van der Waals surface area contributed by atoms with Gasteiger partial charge in [0.05, 0.1) is 0 Å². The average Bonchev–Trinajstić information content (AvgIpc) is 2.53. The van der Waals surface area contributed by atoms with Crippen LogP contribution in [0.4, 0.5) is 0 Å². The van der Waals surface area contributed by atoms with E-state index in [2.05, 4.69) is 31.5 Å². The minimum atomic E-state index is -0.201. The standard InChI is InChI=1S/C17H20BrN3O2/c1-3-19-12(2)11-21-16(22)15-8-5-9-20-17(15)23-14-7-4-6-13(18)10-14/h4-10,12,19H,3,11H2,1-2H3,(H,21,22)/t12-/m1/s1. The molecule has 1 heterocycles. The first-order valence-electron chi connectivity index (χ1n) is 7.50. The van der Waals surface area contributed by atoms with E-state index in [0.717, 1.165) is 11.0 Å². The molecule has 0 spiro atoms. The van der Waals surface area contributed by atoms with Gasteiger partial charge in [0, 0.05) is 23.3 Å². The van der Waals surface area contributed by atoms with Crippen molar-refractivity contribution in [1.29, 1.82) is 0 Å². The van der Waals surface area contributed by atoms with Crippen LogP contribution < -0.4 is 15.4 Å². The molecule has 0 saturated carbocycles. The Labute approximate surface area is 144 Å². The average molecular weight is 378 g/mol. The van der Waals surface area contributed by atoms with Crippen molar-refractivity contribution in [3.8, 4) is 11.6 Å². The van der Waals surface area contributed by atoms with E-state index >= 15 is 0 Å². The maximum Gasteiger partial charge on any atom is 0.256 e. The number of aromatic nitrogens is 1. The molecule has 0 saturated heterocycles. The van der Waals surface area contributed by atoms with Gasteiger partial charge in [-0.25, -0.2) is 4.98 Å². The van der Waals surface area contributed by atoms with Crippen molar-refractivity contribution in [2.75, 3.05) is 13.1 Å². The Bertz CT molecular complexity index is 664. The van der Waals surface area contributed by atoms with Gasteiger partial charge < -0.3 is 15.4 Å². The van der Waals surface area contributed by atoms with E-state index in [-0.39, 0.29) is 11.9 Å². The molecule has 1 aromatic carbocycles. The maximum atomic E-state index is 12.4. The highest BCUT2D eigenvalue weighted by Gasteiger charge is 2.15. The number of amides is 1. The van der Waals surface area contributed by atoms with Crippen molar-refractivity contribution in [1.82, 2.24) is 15.6 Å². The Morgan fingerprint density at radius 1 is 1.35 bits per heavy atom. The highest BCUT2D eigenvalue weighted by Crippen LogP contribution is 2.25. The number of nitrogens with one attached hydrogen (secondary N) is 2. The molecule has 23 heavy (non-hydrogen) atoms. The summed E-state index contributed by atoms with van der Waals surface area (Å²) in [4.78, 5) is 16.5. The molecule has 1 atom stereocenters. The number of rotatable bonds is 7. The molecule has 0 aliphatic rings. The van der Waals surface area contributed by atoms with Crippen LogP contribution in [0.25, 0.3) is 0 Å². The minimum absolute atomic E-state index is 0.201. The monoisotopic (exact) mass is 377 g/mol. The number of hydrogen-bond acceptors (Lipinski definition) is 4. The van der Waals surface area contributed by atoms with Gasteiger partial charge in [-0.2, -0.15) is 0 Å². The molecule has 0 fully saturated rings. The number of carbonyl (C=O) groups excluding carboxylic acids is 1. The summed E-state index contributed by atoms with van der Waals surface area (Å²) in [6, 6.07) is 11.0. The first-order chi connectivity index (χ1) is 11.1. The molecule has 0 aliphatic heterocycles. The van der Waals surface area contributed by atoms with Crippen molar-refractivity contribution in [2.45, 2.75) is 19.9 Å². The number of likely N-dealkylation sites (N-methyl/N-ethyl adjacent to an activating group) is 1. The molecule has 122 valence electrons. The van der Waals surface area contributed by atoms with Gasteiger partial charge in [0.25, 0.3) is 5.91 Å². The molecule has 0 bridgehead atoms. The Kier molecular flexibility index (Phi) is 6.55. The molecule has 2 N–H and O–H groups in total. The van der Waals surface area contributed by atoms with Crippen LogP contribution in [-0.4, -0.2) is 30.0 Å². The van der Waals surface area contributed by atoms with Crippen LogP contribution in [0.1, 0.15) is 24.2 Å². The predicted octanol–water partition coefficient (Wildman–Crippen LogP) is 3.36. The lowest BCUT2D eigenvalue weighted by molar-refractivity contribution is 0.0947. The summed E-state index contributed by atoms with van der Waals surface area (Å²) in [6.45, 7) is 5.45. The number of halogens is 1. The highest BCUT2D eigenvalue weighted by atomic mass is 79.9. The quantitative estimate of drug-likeness (QED) is 0.776. The van der Waals surface area contributed by atoms with Crippen LogP contribution in [0, 0.1) is 0 Å². The zero-order valence-electron chi connectivity index (χ0n) is 13.2. The Morgan fingerprint density at radius 3 is 2.91 bits per heavy atom. The van der Waals surface area contributed by atoms with E-state index in [0.29, 0.717) is 23.7 Å². The van der Waals surface area contributed by atoms with Gasteiger partial charge in [-0.15, -0.1) is 0 Å². The predicted molar refractivity (Wildman–Crippen MR) is 93.9 cm³/mol. The van der Waals surface area contributed by atoms with Gasteiger partial charge in [-0.3, -0.25) is 4.79 Å². The molecule has 6 heteroatoms. The molecule has 0 unspecified atom stereocenters. The molecule has 0 aliphatic carbocycles. The van der Waals surface area contributed by atoms with E-state index in [9.17, 15) is 4.79 Å². The normalized spacial score (nSPS) is 11.8. The lowest BCUT2D eigenvalue weighted by atomic mass is 10.2. The van der Waals surface area contributed by atoms with Crippen LogP contribution in [0.3, 0.4) is 0 Å². The summed E-state index contributed by atoms with van der Waals surface area (Å²) < 4.78 is 6.65. The van der Waals surface area contributed by atoms with Gasteiger partial charge in [0.2, 0.25) is 5.88 Å². The summed E-state index contributed by atoms with van der Waals surface area (Å²) in [5.74, 6) is 0.709. The minimum Gasteiger partial charge on any atom is -0.438 e. The second kappa shape index (κ2) is 8.64.